The molecule has 1 saturated heterocycles. The lowest BCUT2D eigenvalue weighted by molar-refractivity contribution is 0.0175. The van der Waals surface area contributed by atoms with Gasteiger partial charge in [0.25, 0.3) is 0 Å². The first-order valence-electron chi connectivity index (χ1n) is 4.27. The Balaban J connectivity index is 1.86. The molecule has 1 rings (SSSR count). The highest BCUT2D eigenvalue weighted by atomic mass is 28.1. The van der Waals surface area contributed by atoms with Crippen LogP contribution in [0.5, 0.6) is 0 Å². The van der Waals surface area contributed by atoms with E-state index in [4.69, 9.17) is 9.47 Å². The van der Waals surface area contributed by atoms with Gasteiger partial charge in [-0.3, -0.25) is 0 Å². The summed E-state index contributed by atoms with van der Waals surface area (Å²) < 4.78 is 10.8. The van der Waals surface area contributed by atoms with Crippen LogP contribution in [-0.2, 0) is 9.47 Å². The van der Waals surface area contributed by atoms with E-state index in [1.54, 1.807) is 0 Å². The summed E-state index contributed by atoms with van der Waals surface area (Å²) in [5.41, 5.74) is 0. The fourth-order valence-electron chi connectivity index (χ4n) is 1.16. The van der Waals surface area contributed by atoms with Crippen LogP contribution in [0.25, 0.3) is 0 Å². The molecule has 0 N–H and O–H groups in total. The Morgan fingerprint density at radius 2 is 2.45 bits per heavy atom. The summed E-state index contributed by atoms with van der Waals surface area (Å²) >= 11 is 0. The van der Waals surface area contributed by atoms with E-state index in [2.05, 4.69) is 10.2 Å². The predicted octanol–water partition coefficient (Wildman–Crippen LogP) is 1.16. The van der Waals surface area contributed by atoms with Gasteiger partial charge in [-0.15, -0.1) is 0 Å². The number of ether oxygens (including phenoxy) is 2. The van der Waals surface area contributed by atoms with Gasteiger partial charge in [-0.25, -0.2) is 0 Å². The largest absolute Gasteiger partial charge is 0.379 e. The van der Waals surface area contributed by atoms with E-state index in [-0.39, 0.29) is 0 Å². The summed E-state index contributed by atoms with van der Waals surface area (Å²) in [7, 11) is 3.40. The third-order valence-electron chi connectivity index (χ3n) is 1.79. The average Bonchev–Trinajstić information content (AvgIpc) is 2.50. The normalized spacial score (nSPS) is 24.3. The molecule has 1 fully saturated rings. The van der Waals surface area contributed by atoms with Gasteiger partial charge in [0.15, 0.2) is 0 Å². The van der Waals surface area contributed by atoms with E-state index in [1.165, 1.54) is 12.8 Å². The second-order valence-corrected chi connectivity index (χ2v) is 3.31. The van der Waals surface area contributed by atoms with Gasteiger partial charge < -0.3 is 9.47 Å². The predicted molar refractivity (Wildman–Crippen MR) is 45.0 cm³/mol. The molecular weight excluding hydrogens is 156 g/mol. The van der Waals surface area contributed by atoms with Crippen molar-refractivity contribution in [2.75, 3.05) is 19.8 Å². The maximum Gasteiger partial charge on any atom is 0.0809 e. The molecule has 0 aromatic rings. The minimum absolute atomic E-state index is 0.379. The van der Waals surface area contributed by atoms with E-state index in [0.29, 0.717) is 6.10 Å². The fraction of sp³-hybridized carbons (Fsp3) is 1.00. The maximum absolute atomic E-state index is 5.40. The Kier molecular flexibility index (Phi) is 4.82. The van der Waals surface area contributed by atoms with E-state index >= 15 is 0 Å². The third kappa shape index (κ3) is 3.89. The van der Waals surface area contributed by atoms with Crippen molar-refractivity contribution in [2.24, 2.45) is 0 Å². The molecule has 0 saturated carbocycles. The van der Waals surface area contributed by atoms with Crippen molar-refractivity contribution < 1.29 is 9.47 Å². The minimum Gasteiger partial charge on any atom is -0.379 e. The van der Waals surface area contributed by atoms with Gasteiger partial charge in [-0.2, -0.15) is 0 Å². The van der Waals surface area contributed by atoms with Crippen LogP contribution < -0.4 is 0 Å². The van der Waals surface area contributed by atoms with E-state index in [1.807, 2.05) is 0 Å². The van der Waals surface area contributed by atoms with Crippen molar-refractivity contribution in [1.29, 1.82) is 0 Å². The molecule has 11 heavy (non-hydrogen) atoms. The topological polar surface area (TPSA) is 18.5 Å². The van der Waals surface area contributed by atoms with Crippen LogP contribution in [0.1, 0.15) is 19.3 Å². The van der Waals surface area contributed by atoms with Crippen molar-refractivity contribution in [3.8, 4) is 0 Å². The Labute approximate surface area is 71.7 Å². The van der Waals surface area contributed by atoms with Crippen LogP contribution in [-0.4, -0.2) is 36.2 Å². The standard InChI is InChI=1S/C8H15O2Si/c11-6-2-4-9-7-8-3-1-5-10-8/h8H,1-7H2. The number of hydrogen-bond donors (Lipinski definition) is 0. The lowest BCUT2D eigenvalue weighted by Crippen LogP contribution is -2.14. The van der Waals surface area contributed by atoms with Crippen molar-refractivity contribution in [3.63, 3.8) is 0 Å². The summed E-state index contributed by atoms with van der Waals surface area (Å²) in [6.45, 7) is 2.56. The lowest BCUT2D eigenvalue weighted by atomic mass is 10.2. The van der Waals surface area contributed by atoms with Crippen molar-refractivity contribution >= 4 is 10.2 Å². The number of rotatable bonds is 5. The molecule has 1 unspecified atom stereocenters. The highest BCUT2D eigenvalue weighted by Gasteiger charge is 2.14. The number of hydrogen-bond acceptors (Lipinski definition) is 2. The summed E-state index contributed by atoms with van der Waals surface area (Å²) in [5, 5.41) is 0. The third-order valence-corrected chi connectivity index (χ3v) is 2.15. The molecule has 1 heterocycles. The van der Waals surface area contributed by atoms with E-state index in [9.17, 15) is 0 Å². The molecule has 1 aliphatic rings. The summed E-state index contributed by atoms with van der Waals surface area (Å²) in [5.74, 6) is 0. The van der Waals surface area contributed by atoms with Crippen LogP contribution in [0, 0.1) is 0 Å². The first-order chi connectivity index (χ1) is 5.43. The van der Waals surface area contributed by atoms with E-state index < -0.39 is 0 Å². The average molecular weight is 171 g/mol. The molecule has 0 aliphatic carbocycles. The van der Waals surface area contributed by atoms with Crippen molar-refractivity contribution in [3.05, 3.63) is 0 Å². The van der Waals surface area contributed by atoms with Gasteiger partial charge in [-0.1, -0.05) is 6.04 Å². The molecule has 0 aromatic carbocycles. The highest BCUT2D eigenvalue weighted by Crippen LogP contribution is 2.11. The van der Waals surface area contributed by atoms with Gasteiger partial charge in [0, 0.05) is 23.5 Å². The quantitative estimate of drug-likeness (QED) is 0.456. The van der Waals surface area contributed by atoms with Crippen molar-refractivity contribution in [2.45, 2.75) is 31.4 Å². The molecule has 0 spiro atoms. The van der Waals surface area contributed by atoms with Gasteiger partial charge in [0.1, 0.15) is 0 Å². The molecule has 0 bridgehead atoms. The van der Waals surface area contributed by atoms with Gasteiger partial charge in [0.2, 0.25) is 0 Å². The zero-order chi connectivity index (χ0) is 7.94. The van der Waals surface area contributed by atoms with Crippen molar-refractivity contribution in [1.82, 2.24) is 0 Å². The molecule has 3 radical (unpaired) electrons. The Hall–Kier alpha value is 0.137. The molecule has 1 aliphatic heterocycles. The fourth-order valence-corrected chi connectivity index (χ4v) is 1.31. The smallest absolute Gasteiger partial charge is 0.0809 e. The monoisotopic (exact) mass is 171 g/mol. The van der Waals surface area contributed by atoms with Gasteiger partial charge in [-0.05, 0) is 19.3 Å². The van der Waals surface area contributed by atoms with Crippen LogP contribution in [0.4, 0.5) is 0 Å². The zero-order valence-electron chi connectivity index (χ0n) is 6.84. The van der Waals surface area contributed by atoms with E-state index in [0.717, 1.165) is 32.3 Å². The molecule has 0 aromatic heterocycles. The first kappa shape index (κ1) is 9.23. The van der Waals surface area contributed by atoms with Crippen LogP contribution in [0.15, 0.2) is 0 Å². The minimum atomic E-state index is 0.379. The second-order valence-electron chi connectivity index (χ2n) is 2.81. The lowest BCUT2D eigenvalue weighted by Gasteiger charge is -2.08. The van der Waals surface area contributed by atoms with Crippen LogP contribution in [0.3, 0.4) is 0 Å². The SMILES string of the molecule is [Si]CCCOCC1CCCO1. The zero-order valence-corrected chi connectivity index (χ0v) is 7.84. The first-order valence-corrected chi connectivity index (χ1v) is 4.98. The molecule has 2 nitrogen and oxygen atoms in total. The molecule has 1 atom stereocenters. The summed E-state index contributed by atoms with van der Waals surface area (Å²) in [6.07, 6.45) is 3.84. The Morgan fingerprint density at radius 1 is 1.55 bits per heavy atom. The molecular formula is C8H15O2Si. The van der Waals surface area contributed by atoms with Crippen LogP contribution >= 0.6 is 0 Å². The summed E-state index contributed by atoms with van der Waals surface area (Å²) in [4.78, 5) is 0. The highest BCUT2D eigenvalue weighted by molar-refractivity contribution is 6.08. The summed E-state index contributed by atoms with van der Waals surface area (Å²) in [6, 6.07) is 1.02. The Bertz CT molecular complexity index is 92.1. The van der Waals surface area contributed by atoms with Gasteiger partial charge in [0.05, 0.1) is 12.7 Å². The Morgan fingerprint density at radius 3 is 3.09 bits per heavy atom. The maximum atomic E-state index is 5.40. The van der Waals surface area contributed by atoms with Crippen LogP contribution in [0.2, 0.25) is 6.04 Å². The second kappa shape index (κ2) is 5.74. The van der Waals surface area contributed by atoms with Gasteiger partial charge >= 0.3 is 0 Å². The molecule has 63 valence electrons. The molecule has 0 amide bonds. The molecule has 3 heteroatoms.